The molecule has 0 saturated heterocycles. The van der Waals surface area contributed by atoms with Gasteiger partial charge in [0.05, 0.1) is 5.92 Å². The van der Waals surface area contributed by atoms with Crippen LogP contribution in [0.1, 0.15) is 17.0 Å². The van der Waals surface area contributed by atoms with Gasteiger partial charge in [-0.05, 0) is 11.1 Å². The van der Waals surface area contributed by atoms with Gasteiger partial charge in [0.25, 0.3) is 0 Å². The second-order valence-corrected chi connectivity index (χ2v) is 6.19. The molecule has 0 atom stereocenters. The highest BCUT2D eigenvalue weighted by atomic mass is 31.2. The number of hydrogen-bond acceptors (Lipinski definition) is 2. The predicted octanol–water partition coefficient (Wildman–Crippen LogP) is 2.57. The molecule has 0 aliphatic rings. The van der Waals surface area contributed by atoms with Crippen LogP contribution in [0.4, 0.5) is 0 Å². The molecule has 2 rings (SSSR count). The van der Waals surface area contributed by atoms with Crippen molar-refractivity contribution in [2.24, 2.45) is 0 Å². The molecule has 0 spiro atoms. The first-order valence-electron chi connectivity index (χ1n) is 6.14. The summed E-state index contributed by atoms with van der Waals surface area (Å²) < 4.78 is 11.1. The van der Waals surface area contributed by atoms with E-state index in [-0.39, 0.29) is 0 Å². The Morgan fingerprint density at radius 3 is 1.65 bits per heavy atom. The van der Waals surface area contributed by atoms with Crippen molar-refractivity contribution in [3.8, 4) is 0 Å². The van der Waals surface area contributed by atoms with Crippen LogP contribution in [0, 0.1) is 0 Å². The van der Waals surface area contributed by atoms with Crippen molar-refractivity contribution in [1.82, 2.24) is 0 Å². The van der Waals surface area contributed by atoms with Gasteiger partial charge in [-0.2, -0.15) is 0 Å². The van der Waals surface area contributed by atoms with Gasteiger partial charge in [-0.15, -0.1) is 0 Å². The van der Waals surface area contributed by atoms with Gasteiger partial charge in [0.15, 0.2) is 5.78 Å². The van der Waals surface area contributed by atoms with E-state index in [0.717, 1.165) is 11.1 Å². The summed E-state index contributed by atoms with van der Waals surface area (Å²) >= 11 is 0. The quantitative estimate of drug-likeness (QED) is 0.830. The topological polar surface area (TPSA) is 74.6 Å². The van der Waals surface area contributed by atoms with Crippen molar-refractivity contribution in [2.45, 2.75) is 5.92 Å². The highest BCUT2D eigenvalue weighted by Crippen LogP contribution is 2.37. The number of carbonyl (C=O) groups is 1. The molecule has 0 heterocycles. The molecule has 0 unspecified atom stereocenters. The summed E-state index contributed by atoms with van der Waals surface area (Å²) in [6.07, 6.45) is -0.749. The van der Waals surface area contributed by atoms with Gasteiger partial charge in [0, 0.05) is 0 Å². The third kappa shape index (κ3) is 3.87. The fourth-order valence-corrected chi connectivity index (χ4v) is 2.74. The average Bonchev–Trinajstić information content (AvgIpc) is 2.39. The minimum atomic E-state index is -4.37. The summed E-state index contributed by atoms with van der Waals surface area (Å²) in [5, 5.41) is 0. The van der Waals surface area contributed by atoms with Crippen molar-refractivity contribution in [3.63, 3.8) is 0 Å². The van der Waals surface area contributed by atoms with Crippen LogP contribution in [0.3, 0.4) is 0 Å². The van der Waals surface area contributed by atoms with E-state index < -0.39 is 25.5 Å². The van der Waals surface area contributed by atoms with Gasteiger partial charge in [-0.1, -0.05) is 60.7 Å². The molecule has 2 aromatic rings. The number of Topliss-reactive ketones (excluding diaryl/α,β-unsaturated/α-hetero) is 1. The lowest BCUT2D eigenvalue weighted by Crippen LogP contribution is -2.18. The van der Waals surface area contributed by atoms with E-state index in [9.17, 15) is 9.36 Å². The number of ketones is 1. The van der Waals surface area contributed by atoms with Crippen molar-refractivity contribution in [1.29, 1.82) is 0 Å². The van der Waals surface area contributed by atoms with Crippen LogP contribution in [0.15, 0.2) is 60.7 Å². The molecule has 0 saturated carbocycles. The second kappa shape index (κ2) is 6.14. The molecule has 0 fully saturated rings. The zero-order chi connectivity index (χ0) is 14.6. The summed E-state index contributed by atoms with van der Waals surface area (Å²) in [5.41, 5.74) is 1.47. The SMILES string of the molecule is O=C(CP(=O)(O)O)C(c1ccccc1)c1ccccc1. The van der Waals surface area contributed by atoms with Crippen molar-refractivity contribution >= 4 is 13.4 Å². The van der Waals surface area contributed by atoms with Crippen LogP contribution in [0.2, 0.25) is 0 Å². The number of benzene rings is 2. The third-order valence-electron chi connectivity index (χ3n) is 2.95. The van der Waals surface area contributed by atoms with E-state index in [1.54, 1.807) is 48.5 Å². The lowest BCUT2D eigenvalue weighted by atomic mass is 9.88. The van der Waals surface area contributed by atoms with Gasteiger partial charge in [-0.25, -0.2) is 0 Å². The van der Waals surface area contributed by atoms with Crippen molar-refractivity contribution < 1.29 is 19.1 Å². The fourth-order valence-electron chi connectivity index (χ4n) is 2.15. The molecule has 2 aromatic carbocycles. The Hall–Kier alpha value is -1.74. The largest absolute Gasteiger partial charge is 0.332 e. The Labute approximate surface area is 117 Å². The molecule has 4 nitrogen and oxygen atoms in total. The Morgan fingerprint density at radius 1 is 0.900 bits per heavy atom. The van der Waals surface area contributed by atoms with Crippen LogP contribution in [0.25, 0.3) is 0 Å². The maximum atomic E-state index is 12.3. The van der Waals surface area contributed by atoms with Gasteiger partial charge >= 0.3 is 7.60 Å². The molecule has 0 amide bonds. The third-order valence-corrected chi connectivity index (χ3v) is 3.67. The van der Waals surface area contributed by atoms with E-state index in [1.165, 1.54) is 0 Å². The Morgan fingerprint density at radius 2 is 1.30 bits per heavy atom. The first-order chi connectivity index (χ1) is 9.47. The summed E-state index contributed by atoms with van der Waals surface area (Å²) in [7, 11) is -4.37. The normalized spacial score (nSPS) is 11.6. The number of carbonyl (C=O) groups excluding carboxylic acids is 1. The minimum absolute atomic E-state index is 0.476. The van der Waals surface area contributed by atoms with Crippen molar-refractivity contribution in [3.05, 3.63) is 71.8 Å². The minimum Gasteiger partial charge on any atom is -0.324 e. The monoisotopic (exact) mass is 290 g/mol. The highest BCUT2D eigenvalue weighted by molar-refractivity contribution is 7.52. The van der Waals surface area contributed by atoms with Gasteiger partial charge in [-0.3, -0.25) is 9.36 Å². The van der Waals surface area contributed by atoms with Crippen LogP contribution in [0.5, 0.6) is 0 Å². The predicted molar refractivity (Wildman–Crippen MR) is 76.6 cm³/mol. The molecule has 0 bridgehead atoms. The smallest absolute Gasteiger partial charge is 0.324 e. The Bertz CT molecular complexity index is 579. The first-order valence-corrected chi connectivity index (χ1v) is 7.94. The zero-order valence-corrected chi connectivity index (χ0v) is 11.6. The van der Waals surface area contributed by atoms with Crippen LogP contribution < -0.4 is 0 Å². The second-order valence-electron chi connectivity index (χ2n) is 4.54. The lowest BCUT2D eigenvalue weighted by molar-refractivity contribution is -0.117. The molecule has 0 radical (unpaired) electrons. The van der Waals surface area contributed by atoms with E-state index in [4.69, 9.17) is 9.79 Å². The van der Waals surface area contributed by atoms with Gasteiger partial charge in [0.2, 0.25) is 0 Å². The standard InChI is InChI=1S/C15H15O4P/c16-14(11-20(17,18)19)15(12-7-3-1-4-8-12)13-9-5-2-6-10-13/h1-10,15H,11H2,(H2,17,18,19). The summed E-state index contributed by atoms with van der Waals surface area (Å²) in [5.74, 6) is -1.12. The number of hydrogen-bond donors (Lipinski definition) is 2. The number of rotatable bonds is 5. The van der Waals surface area contributed by atoms with Crippen molar-refractivity contribution in [2.75, 3.05) is 6.16 Å². The maximum absolute atomic E-state index is 12.3. The molecule has 0 aliphatic carbocycles. The molecular weight excluding hydrogens is 275 g/mol. The molecule has 104 valence electrons. The Balaban J connectivity index is 2.40. The summed E-state index contributed by atoms with van der Waals surface area (Å²) in [4.78, 5) is 30.3. The molecular formula is C15H15O4P. The van der Waals surface area contributed by atoms with Crippen LogP contribution in [-0.2, 0) is 9.36 Å². The lowest BCUT2D eigenvalue weighted by Gasteiger charge is -2.17. The van der Waals surface area contributed by atoms with E-state index >= 15 is 0 Å². The molecule has 0 aromatic heterocycles. The average molecular weight is 290 g/mol. The Kier molecular flexibility index (Phi) is 4.50. The molecule has 2 N–H and O–H groups in total. The maximum Gasteiger partial charge on any atom is 0.332 e. The highest BCUT2D eigenvalue weighted by Gasteiger charge is 2.28. The zero-order valence-electron chi connectivity index (χ0n) is 10.7. The van der Waals surface area contributed by atoms with Crippen LogP contribution >= 0.6 is 7.60 Å². The van der Waals surface area contributed by atoms with E-state index in [0.29, 0.717) is 0 Å². The van der Waals surface area contributed by atoms with E-state index in [1.807, 2.05) is 12.1 Å². The molecule has 0 aliphatic heterocycles. The van der Waals surface area contributed by atoms with Gasteiger partial charge < -0.3 is 9.79 Å². The van der Waals surface area contributed by atoms with Crippen LogP contribution in [-0.4, -0.2) is 21.7 Å². The summed E-state index contributed by atoms with van der Waals surface area (Å²) in [6.45, 7) is 0. The fraction of sp³-hybridized carbons (Fsp3) is 0.133. The molecule has 20 heavy (non-hydrogen) atoms. The summed E-state index contributed by atoms with van der Waals surface area (Å²) in [6, 6.07) is 18.0. The van der Waals surface area contributed by atoms with E-state index in [2.05, 4.69) is 0 Å². The molecule has 5 heteroatoms. The van der Waals surface area contributed by atoms with Gasteiger partial charge in [0.1, 0.15) is 6.16 Å². The first kappa shape index (κ1) is 14.7.